The molecule has 0 fully saturated rings. The molecule has 0 atom stereocenters. The summed E-state index contributed by atoms with van der Waals surface area (Å²) >= 11 is 0. The third kappa shape index (κ3) is 8.54. The number of nitrogens with zero attached hydrogens (tertiary/aromatic N) is 1. The van der Waals surface area contributed by atoms with Crippen molar-refractivity contribution >= 4 is 5.91 Å². The number of carbonyl (C=O) groups excluding carboxylic acids is 1. The smallest absolute Gasteiger partial charge is 0.294 e. The van der Waals surface area contributed by atoms with Gasteiger partial charge in [0, 0.05) is 13.0 Å². The van der Waals surface area contributed by atoms with Gasteiger partial charge in [-0.25, -0.2) is 0 Å². The van der Waals surface area contributed by atoms with Crippen LogP contribution in [-0.2, 0) is 9.63 Å². The van der Waals surface area contributed by atoms with Gasteiger partial charge in [-0.1, -0.05) is 0 Å². The van der Waals surface area contributed by atoms with Crippen LogP contribution in [0.15, 0.2) is 0 Å². The van der Waals surface area contributed by atoms with E-state index in [2.05, 4.69) is 10.2 Å². The Balaban J connectivity index is 3.22. The quantitative estimate of drug-likeness (QED) is 0.306. The highest BCUT2D eigenvalue weighted by atomic mass is 16.9. The minimum atomic E-state index is -0.897. The molecule has 0 aliphatic heterocycles. The topological polar surface area (TPSA) is 107 Å². The molecule has 7 heteroatoms. The van der Waals surface area contributed by atoms with Gasteiger partial charge in [-0.05, 0) is 13.0 Å². The first-order valence-corrected chi connectivity index (χ1v) is 3.91. The van der Waals surface area contributed by atoms with Crippen LogP contribution in [0.2, 0.25) is 0 Å². The maximum atomic E-state index is 10.9. The van der Waals surface area contributed by atoms with E-state index in [0.29, 0.717) is 19.4 Å². The molecule has 3 N–H and O–H groups in total. The molecule has 13 heavy (non-hydrogen) atoms. The van der Waals surface area contributed by atoms with Crippen LogP contribution in [0.25, 0.3) is 0 Å². The third-order valence-corrected chi connectivity index (χ3v) is 1.23. The van der Waals surface area contributed by atoms with Gasteiger partial charge >= 0.3 is 0 Å². The van der Waals surface area contributed by atoms with Crippen molar-refractivity contribution in [3.63, 3.8) is 0 Å². The van der Waals surface area contributed by atoms with Crippen LogP contribution in [0.1, 0.15) is 12.8 Å². The molecule has 0 heterocycles. The van der Waals surface area contributed by atoms with Crippen molar-refractivity contribution in [1.82, 2.24) is 5.32 Å². The fraction of sp³-hybridized carbons (Fsp3) is 0.833. The van der Waals surface area contributed by atoms with Crippen molar-refractivity contribution < 1.29 is 14.7 Å². The van der Waals surface area contributed by atoms with Crippen molar-refractivity contribution in [3.8, 4) is 0 Å². The summed E-state index contributed by atoms with van der Waals surface area (Å²) in [4.78, 5) is 24.5. The Kier molecular flexibility index (Phi) is 6.52. The molecule has 1 amide bonds. The van der Waals surface area contributed by atoms with E-state index in [1.54, 1.807) is 0 Å². The van der Waals surface area contributed by atoms with E-state index in [4.69, 9.17) is 5.73 Å². The largest absolute Gasteiger partial charge is 0.354 e. The minimum absolute atomic E-state index is 0.124. The van der Waals surface area contributed by atoms with Crippen LogP contribution in [0, 0.1) is 10.1 Å². The van der Waals surface area contributed by atoms with Gasteiger partial charge in [-0.3, -0.25) is 4.79 Å². The number of rotatable bonds is 7. The zero-order valence-electron chi connectivity index (χ0n) is 7.19. The van der Waals surface area contributed by atoms with Gasteiger partial charge in [0.2, 0.25) is 5.91 Å². The average Bonchev–Trinajstić information content (AvgIpc) is 2.08. The molecule has 0 aliphatic carbocycles. The molecule has 0 spiro atoms. The zero-order valence-corrected chi connectivity index (χ0v) is 7.19. The Morgan fingerprint density at radius 1 is 1.62 bits per heavy atom. The molecule has 0 aromatic carbocycles. The fourth-order valence-electron chi connectivity index (χ4n) is 0.662. The van der Waals surface area contributed by atoms with Crippen LogP contribution in [-0.4, -0.2) is 30.7 Å². The molecule has 0 saturated carbocycles. The Labute approximate surface area is 75.3 Å². The first-order chi connectivity index (χ1) is 6.16. The second kappa shape index (κ2) is 7.29. The van der Waals surface area contributed by atoms with Crippen LogP contribution in [0.3, 0.4) is 0 Å². The number of hydrogen-bond donors (Lipinski definition) is 2. The monoisotopic (exact) mass is 191 g/mol. The maximum absolute atomic E-state index is 10.9. The van der Waals surface area contributed by atoms with Crippen LogP contribution in [0.4, 0.5) is 0 Å². The molecule has 0 unspecified atom stereocenters. The number of carbonyl (C=O) groups is 1. The summed E-state index contributed by atoms with van der Waals surface area (Å²) in [5, 5.41) is 11.2. The summed E-state index contributed by atoms with van der Waals surface area (Å²) in [6, 6.07) is 0. The second-order valence-electron chi connectivity index (χ2n) is 2.30. The van der Waals surface area contributed by atoms with Gasteiger partial charge in [0.05, 0.1) is 0 Å². The molecule has 7 nitrogen and oxygen atoms in total. The van der Waals surface area contributed by atoms with Gasteiger partial charge in [0.15, 0.2) is 0 Å². The van der Waals surface area contributed by atoms with E-state index >= 15 is 0 Å². The second-order valence-corrected chi connectivity index (χ2v) is 2.30. The van der Waals surface area contributed by atoms with Crippen LogP contribution in [0.5, 0.6) is 0 Å². The molecule has 0 aromatic rings. The van der Waals surface area contributed by atoms with Crippen LogP contribution < -0.4 is 11.1 Å². The van der Waals surface area contributed by atoms with Gasteiger partial charge < -0.3 is 15.9 Å². The first kappa shape index (κ1) is 11.6. The van der Waals surface area contributed by atoms with Crippen molar-refractivity contribution in [2.75, 3.05) is 19.7 Å². The fourth-order valence-corrected chi connectivity index (χ4v) is 0.662. The average molecular weight is 191 g/mol. The lowest BCUT2D eigenvalue weighted by atomic mass is 10.3. The number of hydrogen-bond acceptors (Lipinski definition) is 5. The lowest BCUT2D eigenvalue weighted by Gasteiger charge is -2.02. The molecule has 0 aromatic heterocycles. The number of nitrogens with one attached hydrogen (secondary N) is 1. The van der Waals surface area contributed by atoms with E-state index in [9.17, 15) is 14.9 Å². The van der Waals surface area contributed by atoms with Crippen LogP contribution >= 0.6 is 0 Å². The molecular weight excluding hydrogens is 178 g/mol. The molecule has 0 bridgehead atoms. The molecule has 0 radical (unpaired) electrons. The van der Waals surface area contributed by atoms with E-state index in [1.165, 1.54) is 0 Å². The Morgan fingerprint density at radius 3 is 2.85 bits per heavy atom. The SMILES string of the molecule is NCCCC(=O)NCCO[N+](=O)[O-]. The summed E-state index contributed by atoms with van der Waals surface area (Å²) in [5.74, 6) is -0.169. The van der Waals surface area contributed by atoms with Gasteiger partial charge in [-0.15, -0.1) is 10.1 Å². The summed E-state index contributed by atoms with van der Waals surface area (Å²) < 4.78 is 0. The Morgan fingerprint density at radius 2 is 2.31 bits per heavy atom. The lowest BCUT2D eigenvalue weighted by molar-refractivity contribution is -0.757. The summed E-state index contributed by atoms with van der Waals surface area (Å²) in [5.41, 5.74) is 5.18. The van der Waals surface area contributed by atoms with Gasteiger partial charge in [-0.2, -0.15) is 0 Å². The summed E-state index contributed by atoms with van der Waals surface area (Å²) in [6.07, 6.45) is 0.955. The van der Waals surface area contributed by atoms with Gasteiger partial charge in [0.25, 0.3) is 5.09 Å². The summed E-state index contributed by atoms with van der Waals surface area (Å²) in [7, 11) is 0. The number of amides is 1. The van der Waals surface area contributed by atoms with Crippen molar-refractivity contribution in [3.05, 3.63) is 10.1 Å². The molecule has 0 rings (SSSR count). The third-order valence-electron chi connectivity index (χ3n) is 1.23. The Bertz CT molecular complexity index is 173. The molecule has 0 saturated heterocycles. The van der Waals surface area contributed by atoms with E-state index < -0.39 is 5.09 Å². The predicted octanol–water partition coefficient (Wildman–Crippen LogP) is -0.950. The minimum Gasteiger partial charge on any atom is -0.354 e. The maximum Gasteiger partial charge on any atom is 0.294 e. The molecule has 76 valence electrons. The van der Waals surface area contributed by atoms with Gasteiger partial charge in [0.1, 0.15) is 6.61 Å². The van der Waals surface area contributed by atoms with Crippen molar-refractivity contribution in [2.24, 2.45) is 5.73 Å². The van der Waals surface area contributed by atoms with E-state index in [0.717, 1.165) is 0 Å². The molecule has 0 aliphatic rings. The normalized spacial score (nSPS) is 9.31. The highest BCUT2D eigenvalue weighted by Crippen LogP contribution is 1.84. The van der Waals surface area contributed by atoms with E-state index in [-0.39, 0.29) is 19.1 Å². The number of nitrogens with two attached hydrogens (primary N) is 1. The Hall–Kier alpha value is -1.37. The zero-order chi connectivity index (χ0) is 10.1. The van der Waals surface area contributed by atoms with E-state index in [1.807, 2.05) is 0 Å². The van der Waals surface area contributed by atoms with Crippen molar-refractivity contribution in [2.45, 2.75) is 12.8 Å². The predicted molar refractivity (Wildman–Crippen MR) is 44.2 cm³/mol. The highest BCUT2D eigenvalue weighted by Gasteiger charge is 1.99. The van der Waals surface area contributed by atoms with Crippen molar-refractivity contribution in [1.29, 1.82) is 0 Å². The summed E-state index contributed by atoms with van der Waals surface area (Å²) in [6.45, 7) is 0.477. The standard InChI is InChI=1S/C6H13N3O4/c7-3-1-2-6(10)8-4-5-13-9(11)12/h1-5,7H2,(H,8,10). The first-order valence-electron chi connectivity index (χ1n) is 3.91. The highest BCUT2D eigenvalue weighted by molar-refractivity contribution is 5.75. The molecular formula is C6H13N3O4. The lowest BCUT2D eigenvalue weighted by Crippen LogP contribution is -2.28.